The van der Waals surface area contributed by atoms with Crippen LogP contribution in [0.25, 0.3) is 0 Å². The molecular weight excluding hydrogens is 454 g/mol. The minimum absolute atomic E-state index is 0.000604. The van der Waals surface area contributed by atoms with Crippen molar-refractivity contribution >= 4 is 11.9 Å². The minimum atomic E-state index is -0.204. The van der Waals surface area contributed by atoms with Gasteiger partial charge in [0.25, 0.3) is 0 Å². The van der Waals surface area contributed by atoms with Crippen LogP contribution in [-0.2, 0) is 23.8 Å². The second kappa shape index (κ2) is 10.2. The summed E-state index contributed by atoms with van der Waals surface area (Å²) in [5, 5.41) is 4.23. The van der Waals surface area contributed by atoms with Crippen LogP contribution in [0.1, 0.15) is 97.8 Å². The highest BCUT2D eigenvalue weighted by molar-refractivity contribution is 5.74. The molecule has 6 nitrogen and oxygen atoms in total. The van der Waals surface area contributed by atoms with Gasteiger partial charge in [-0.1, -0.05) is 33.1 Å². The van der Waals surface area contributed by atoms with Gasteiger partial charge in [-0.05, 0) is 92.3 Å². The molecular formula is C30H49NO5. The molecule has 6 heteroatoms. The van der Waals surface area contributed by atoms with Crippen LogP contribution in [0.4, 0.5) is 0 Å². The maximum Gasteiger partial charge on any atom is 0.309 e. The summed E-state index contributed by atoms with van der Waals surface area (Å²) in [6.45, 7) is 6.44. The molecule has 0 aromatic rings. The van der Waals surface area contributed by atoms with Crippen molar-refractivity contribution in [1.82, 2.24) is 5.32 Å². The summed E-state index contributed by atoms with van der Waals surface area (Å²) in [7, 11) is 3.33. The topological polar surface area (TPSA) is 73.9 Å². The van der Waals surface area contributed by atoms with Crippen molar-refractivity contribution in [3.63, 3.8) is 0 Å². The fourth-order valence-corrected chi connectivity index (χ4v) is 10.3. The molecule has 0 unspecified atom stereocenters. The van der Waals surface area contributed by atoms with Gasteiger partial charge < -0.3 is 19.5 Å². The normalized spacial score (nSPS) is 46.8. The quantitative estimate of drug-likeness (QED) is 0.515. The van der Waals surface area contributed by atoms with Crippen molar-refractivity contribution in [3.8, 4) is 0 Å². The molecule has 1 N–H and O–H groups in total. The summed E-state index contributed by atoms with van der Waals surface area (Å²) in [5.74, 6) is 2.09. The van der Waals surface area contributed by atoms with Gasteiger partial charge in [-0.25, -0.2) is 0 Å². The Kier molecular flexibility index (Phi) is 7.50. The van der Waals surface area contributed by atoms with E-state index in [1.54, 1.807) is 14.2 Å². The SMILES string of the molecule is COC(=O)[C@H]1CC[C@H]2[C@@H]3CC[C@H]4C[C@H](OC(C)=O)[C@@H](OC)C[C@]4(C)[C@H]3[C@H](NC3CCCCC3)C[C@]12C. The molecule has 0 bridgehead atoms. The number of rotatable bonds is 5. The fraction of sp³-hybridized carbons (Fsp3) is 0.933. The van der Waals surface area contributed by atoms with Crippen LogP contribution in [0.5, 0.6) is 0 Å². The van der Waals surface area contributed by atoms with Gasteiger partial charge in [0.1, 0.15) is 6.10 Å². The summed E-state index contributed by atoms with van der Waals surface area (Å²) in [6.07, 6.45) is 13.7. The zero-order valence-corrected chi connectivity index (χ0v) is 23.2. The third-order valence-electron chi connectivity index (χ3n) is 11.8. The van der Waals surface area contributed by atoms with Gasteiger partial charge in [-0.15, -0.1) is 0 Å². The maximum absolute atomic E-state index is 12.9. The minimum Gasteiger partial charge on any atom is -0.469 e. The number of hydrogen-bond donors (Lipinski definition) is 1. The Morgan fingerprint density at radius 3 is 2.28 bits per heavy atom. The van der Waals surface area contributed by atoms with E-state index in [4.69, 9.17) is 14.2 Å². The van der Waals surface area contributed by atoms with Crippen molar-refractivity contribution in [2.24, 2.45) is 40.4 Å². The standard InChI is InChI=1S/C30H49NO5/c1-18(32)36-25-15-19-11-12-21-22-13-14-23(28(33)35-5)30(22,3)16-24(31-20-9-7-6-8-10-20)27(21)29(19,2)17-26(25)34-4/h19-27,31H,6-17H2,1-5H3/t19-,21-,22-,23+,24+,25-,26-,27+,29-,30-/m0/s1. The van der Waals surface area contributed by atoms with E-state index in [1.807, 2.05) is 0 Å². The summed E-state index contributed by atoms with van der Waals surface area (Å²) < 4.78 is 17.1. The van der Waals surface area contributed by atoms with Gasteiger partial charge in [0.15, 0.2) is 0 Å². The van der Waals surface area contributed by atoms with Crippen LogP contribution >= 0.6 is 0 Å². The first kappa shape index (κ1) is 26.5. The van der Waals surface area contributed by atoms with Crippen molar-refractivity contribution < 1.29 is 23.8 Å². The van der Waals surface area contributed by atoms with Gasteiger partial charge in [0.2, 0.25) is 0 Å². The van der Waals surface area contributed by atoms with Gasteiger partial charge in [-0.2, -0.15) is 0 Å². The molecule has 204 valence electrons. The number of hydrogen-bond acceptors (Lipinski definition) is 6. The molecule has 36 heavy (non-hydrogen) atoms. The van der Waals surface area contributed by atoms with E-state index in [-0.39, 0.29) is 40.9 Å². The zero-order valence-electron chi connectivity index (χ0n) is 23.2. The number of methoxy groups -OCH3 is 2. The molecule has 0 amide bonds. The van der Waals surface area contributed by atoms with Crippen molar-refractivity contribution in [1.29, 1.82) is 0 Å². The largest absolute Gasteiger partial charge is 0.469 e. The van der Waals surface area contributed by atoms with Crippen LogP contribution in [0.15, 0.2) is 0 Å². The first-order valence-electron chi connectivity index (χ1n) is 14.7. The highest BCUT2D eigenvalue weighted by Crippen LogP contribution is 2.67. The fourth-order valence-electron chi connectivity index (χ4n) is 10.3. The van der Waals surface area contributed by atoms with E-state index < -0.39 is 0 Å². The Morgan fingerprint density at radius 1 is 0.861 bits per heavy atom. The Labute approximate surface area is 218 Å². The second-order valence-corrected chi connectivity index (χ2v) is 13.4. The van der Waals surface area contributed by atoms with E-state index in [1.165, 1.54) is 51.9 Å². The lowest BCUT2D eigenvalue weighted by Gasteiger charge is -2.64. The molecule has 0 aromatic carbocycles. The van der Waals surface area contributed by atoms with Crippen LogP contribution in [0, 0.1) is 40.4 Å². The summed E-state index contributed by atoms with van der Waals surface area (Å²) in [4.78, 5) is 24.8. The molecule has 0 aliphatic heterocycles. The third-order valence-corrected chi connectivity index (χ3v) is 11.8. The van der Waals surface area contributed by atoms with E-state index >= 15 is 0 Å². The molecule has 0 heterocycles. The zero-order chi connectivity index (χ0) is 25.7. The summed E-state index contributed by atoms with van der Waals surface area (Å²) in [5.41, 5.74) is 0.136. The summed E-state index contributed by atoms with van der Waals surface area (Å²) >= 11 is 0. The van der Waals surface area contributed by atoms with E-state index in [9.17, 15) is 9.59 Å². The van der Waals surface area contributed by atoms with E-state index in [0.717, 1.165) is 32.1 Å². The third kappa shape index (κ3) is 4.42. The smallest absolute Gasteiger partial charge is 0.309 e. The van der Waals surface area contributed by atoms with E-state index in [0.29, 0.717) is 35.8 Å². The predicted octanol–water partition coefficient (Wildman–Crippen LogP) is 5.28. The number of carbonyl (C=O) groups is 2. The highest BCUT2D eigenvalue weighted by Gasteiger charge is 2.65. The monoisotopic (exact) mass is 503 g/mol. The number of fused-ring (bicyclic) bond motifs is 5. The van der Waals surface area contributed by atoms with Gasteiger partial charge in [0.05, 0.1) is 19.1 Å². The Hall–Kier alpha value is -1.14. The van der Waals surface area contributed by atoms with Crippen molar-refractivity contribution in [2.75, 3.05) is 14.2 Å². The highest BCUT2D eigenvalue weighted by atomic mass is 16.6. The first-order chi connectivity index (χ1) is 17.2. The number of ether oxygens (including phenoxy) is 3. The molecule has 5 saturated carbocycles. The molecule has 0 saturated heterocycles. The van der Waals surface area contributed by atoms with Gasteiger partial charge in [0, 0.05) is 26.1 Å². The number of nitrogens with one attached hydrogen (secondary N) is 1. The van der Waals surface area contributed by atoms with E-state index in [2.05, 4.69) is 19.2 Å². The molecule has 5 rings (SSSR count). The average molecular weight is 504 g/mol. The molecule has 0 radical (unpaired) electrons. The van der Waals surface area contributed by atoms with Crippen LogP contribution in [-0.4, -0.2) is 50.4 Å². The molecule has 5 aliphatic carbocycles. The van der Waals surface area contributed by atoms with Gasteiger partial charge >= 0.3 is 11.9 Å². The first-order valence-corrected chi connectivity index (χ1v) is 14.7. The molecule has 10 atom stereocenters. The van der Waals surface area contributed by atoms with Crippen molar-refractivity contribution in [2.45, 2.75) is 122 Å². The lowest BCUT2D eigenvalue weighted by Crippen LogP contribution is -2.65. The van der Waals surface area contributed by atoms with Crippen LogP contribution in [0.3, 0.4) is 0 Å². The maximum atomic E-state index is 12.9. The van der Waals surface area contributed by atoms with Crippen LogP contribution < -0.4 is 5.32 Å². The van der Waals surface area contributed by atoms with Gasteiger partial charge in [-0.3, -0.25) is 9.59 Å². The Bertz CT molecular complexity index is 826. The molecule has 0 aromatic heterocycles. The van der Waals surface area contributed by atoms with Crippen LogP contribution in [0.2, 0.25) is 0 Å². The molecule has 5 aliphatic rings. The summed E-state index contributed by atoms with van der Waals surface area (Å²) in [6, 6.07) is 0.988. The lowest BCUT2D eigenvalue weighted by atomic mass is 9.43. The second-order valence-electron chi connectivity index (χ2n) is 13.4. The molecule has 5 fully saturated rings. The Balaban J connectivity index is 1.48. The van der Waals surface area contributed by atoms with Crippen molar-refractivity contribution in [3.05, 3.63) is 0 Å². The Morgan fingerprint density at radius 2 is 1.61 bits per heavy atom. The lowest BCUT2D eigenvalue weighted by molar-refractivity contribution is -0.193. The predicted molar refractivity (Wildman–Crippen MR) is 138 cm³/mol. The number of esters is 2. The number of carbonyl (C=O) groups excluding carboxylic acids is 2. The molecule has 0 spiro atoms. The average Bonchev–Trinajstić information content (AvgIpc) is 3.20.